The molecule has 1 atom stereocenters. The van der Waals surface area contributed by atoms with E-state index in [9.17, 15) is 18.0 Å². The molecule has 1 N–H and O–H groups in total. The summed E-state index contributed by atoms with van der Waals surface area (Å²) in [6.45, 7) is 1.89. The highest BCUT2D eigenvalue weighted by Gasteiger charge is 2.43. The minimum atomic E-state index is -3.69. The van der Waals surface area contributed by atoms with Gasteiger partial charge in [-0.1, -0.05) is 6.92 Å². The van der Waals surface area contributed by atoms with Crippen molar-refractivity contribution in [3.8, 4) is 11.5 Å². The zero-order valence-electron chi connectivity index (χ0n) is 18.0. The highest BCUT2D eigenvalue weighted by atomic mass is 19.3. The highest BCUT2D eigenvalue weighted by Crippen LogP contribution is 2.43. The van der Waals surface area contributed by atoms with Crippen molar-refractivity contribution < 1.29 is 27.4 Å². The summed E-state index contributed by atoms with van der Waals surface area (Å²) in [6.07, 6.45) is 1.60. The zero-order chi connectivity index (χ0) is 23.2. The Morgan fingerprint density at radius 1 is 1.06 bits per heavy atom. The van der Waals surface area contributed by atoms with Gasteiger partial charge >= 0.3 is 6.29 Å². The van der Waals surface area contributed by atoms with Gasteiger partial charge in [0.05, 0.1) is 5.52 Å². The average molecular weight is 456 g/mol. The summed E-state index contributed by atoms with van der Waals surface area (Å²) in [7, 11) is 0. The standard InChI is InChI=1S/C25H23F3N2O3/c1-14(24(31)30-18-7-9-22-23(13-18)33-25(27,28)32-22)15-2-4-16(5-3-15)19-10-11-29-21-8-6-17(26)12-20(19)21/h6-16H,2-5H2,1H3,(H,30,31)/t14-,15?,16?/m1/s1. The predicted molar refractivity (Wildman–Crippen MR) is 117 cm³/mol. The number of ether oxygens (including phenoxy) is 2. The molecule has 1 amide bonds. The molecular formula is C25H23F3N2O3. The van der Waals surface area contributed by atoms with Gasteiger partial charge in [0.25, 0.3) is 0 Å². The van der Waals surface area contributed by atoms with E-state index in [0.717, 1.165) is 42.1 Å². The second-order valence-corrected chi connectivity index (χ2v) is 8.78. The van der Waals surface area contributed by atoms with Crippen molar-refractivity contribution in [3.63, 3.8) is 0 Å². The summed E-state index contributed by atoms with van der Waals surface area (Å²) < 4.78 is 49.1. The number of halogens is 3. The van der Waals surface area contributed by atoms with Crippen molar-refractivity contribution in [3.05, 3.63) is 60.0 Å². The molecule has 0 saturated heterocycles. The SMILES string of the molecule is C[C@@H](C(=O)Nc1ccc2c(c1)OC(F)(F)O2)C1CCC(c2ccnc3ccc(F)cc23)CC1. The molecule has 0 spiro atoms. The van der Waals surface area contributed by atoms with Crippen LogP contribution in [0.4, 0.5) is 18.9 Å². The van der Waals surface area contributed by atoms with E-state index in [1.54, 1.807) is 18.3 Å². The summed E-state index contributed by atoms with van der Waals surface area (Å²) in [4.78, 5) is 17.2. The Morgan fingerprint density at radius 2 is 1.82 bits per heavy atom. The number of nitrogens with one attached hydrogen (secondary N) is 1. The number of hydrogen-bond donors (Lipinski definition) is 1. The molecule has 2 heterocycles. The molecule has 2 aliphatic rings. The van der Waals surface area contributed by atoms with Crippen LogP contribution < -0.4 is 14.8 Å². The second-order valence-electron chi connectivity index (χ2n) is 8.78. The van der Waals surface area contributed by atoms with Crippen molar-refractivity contribution in [1.29, 1.82) is 0 Å². The fourth-order valence-corrected chi connectivity index (χ4v) is 4.92. The second kappa shape index (κ2) is 8.24. The molecule has 1 fully saturated rings. The number of carbonyl (C=O) groups is 1. The van der Waals surface area contributed by atoms with Gasteiger partial charge in [-0.05, 0) is 79.5 Å². The smallest absolute Gasteiger partial charge is 0.395 e. The number of aromatic nitrogens is 1. The van der Waals surface area contributed by atoms with Gasteiger partial charge in [0.15, 0.2) is 11.5 Å². The number of nitrogens with zero attached hydrogens (tertiary/aromatic N) is 1. The van der Waals surface area contributed by atoms with Crippen molar-refractivity contribution >= 4 is 22.5 Å². The van der Waals surface area contributed by atoms with E-state index in [-0.39, 0.29) is 35.1 Å². The average Bonchev–Trinajstić information content (AvgIpc) is 3.11. The van der Waals surface area contributed by atoms with E-state index in [1.807, 2.05) is 13.0 Å². The number of rotatable bonds is 4. The molecule has 1 aliphatic carbocycles. The first-order valence-corrected chi connectivity index (χ1v) is 11.0. The minimum Gasteiger partial charge on any atom is -0.395 e. The van der Waals surface area contributed by atoms with E-state index in [4.69, 9.17) is 0 Å². The van der Waals surface area contributed by atoms with Crippen molar-refractivity contribution in [1.82, 2.24) is 4.98 Å². The van der Waals surface area contributed by atoms with Crippen LogP contribution in [0.5, 0.6) is 11.5 Å². The number of hydrogen-bond acceptors (Lipinski definition) is 4. The summed E-state index contributed by atoms with van der Waals surface area (Å²) in [5, 5.41) is 3.65. The Kier molecular flexibility index (Phi) is 5.38. The van der Waals surface area contributed by atoms with Crippen LogP contribution in [0.2, 0.25) is 0 Å². The van der Waals surface area contributed by atoms with E-state index < -0.39 is 6.29 Å². The molecule has 5 nitrogen and oxygen atoms in total. The quantitative estimate of drug-likeness (QED) is 0.505. The first kappa shape index (κ1) is 21.6. The fraction of sp³-hybridized carbons (Fsp3) is 0.360. The Morgan fingerprint density at radius 3 is 2.61 bits per heavy atom. The fourth-order valence-electron chi connectivity index (χ4n) is 4.92. The molecule has 8 heteroatoms. The summed E-state index contributed by atoms with van der Waals surface area (Å²) in [6, 6.07) is 10.8. The maximum Gasteiger partial charge on any atom is 0.586 e. The van der Waals surface area contributed by atoms with Crippen LogP contribution in [0.3, 0.4) is 0 Å². The maximum atomic E-state index is 13.8. The zero-order valence-corrected chi connectivity index (χ0v) is 18.0. The molecule has 1 aliphatic heterocycles. The summed E-state index contributed by atoms with van der Waals surface area (Å²) in [5.41, 5.74) is 2.27. The molecule has 1 saturated carbocycles. The molecule has 5 rings (SSSR count). The van der Waals surface area contributed by atoms with Crippen LogP contribution in [0, 0.1) is 17.7 Å². The van der Waals surface area contributed by atoms with Gasteiger partial charge in [-0.25, -0.2) is 4.39 Å². The van der Waals surface area contributed by atoms with E-state index in [0.29, 0.717) is 11.6 Å². The molecule has 172 valence electrons. The Labute approximate surface area is 188 Å². The molecular weight excluding hydrogens is 433 g/mol. The van der Waals surface area contributed by atoms with Crippen LogP contribution in [0.25, 0.3) is 10.9 Å². The van der Waals surface area contributed by atoms with Gasteiger partial charge in [0.1, 0.15) is 5.82 Å². The Balaban J connectivity index is 1.22. The number of carbonyl (C=O) groups excluding carboxylic acids is 1. The minimum absolute atomic E-state index is 0.0621. The molecule has 0 bridgehead atoms. The van der Waals surface area contributed by atoms with Crippen LogP contribution in [-0.4, -0.2) is 17.2 Å². The molecule has 0 radical (unpaired) electrons. The van der Waals surface area contributed by atoms with Crippen LogP contribution in [0.1, 0.15) is 44.1 Å². The lowest BCUT2D eigenvalue weighted by molar-refractivity contribution is -0.286. The predicted octanol–water partition coefficient (Wildman–Crippen LogP) is 6.24. The molecule has 33 heavy (non-hydrogen) atoms. The highest BCUT2D eigenvalue weighted by molar-refractivity contribution is 5.93. The van der Waals surface area contributed by atoms with Gasteiger partial charge in [0, 0.05) is 29.3 Å². The van der Waals surface area contributed by atoms with Crippen molar-refractivity contribution in [2.24, 2.45) is 11.8 Å². The van der Waals surface area contributed by atoms with Crippen LogP contribution in [0.15, 0.2) is 48.7 Å². The van der Waals surface area contributed by atoms with Crippen molar-refractivity contribution in [2.45, 2.75) is 44.8 Å². The normalized spacial score (nSPS) is 22.2. The topological polar surface area (TPSA) is 60.5 Å². The number of amides is 1. The molecule has 0 unspecified atom stereocenters. The number of alkyl halides is 2. The van der Waals surface area contributed by atoms with E-state index in [2.05, 4.69) is 19.8 Å². The number of anilines is 1. The number of benzene rings is 2. The third-order valence-corrected chi connectivity index (χ3v) is 6.74. The lowest BCUT2D eigenvalue weighted by Crippen LogP contribution is -2.29. The van der Waals surface area contributed by atoms with Gasteiger partial charge in [-0.15, -0.1) is 8.78 Å². The Hall–Kier alpha value is -3.29. The number of pyridine rings is 1. The first-order valence-electron chi connectivity index (χ1n) is 11.0. The van der Waals surface area contributed by atoms with Gasteiger partial charge in [0.2, 0.25) is 5.91 Å². The maximum absolute atomic E-state index is 13.8. The largest absolute Gasteiger partial charge is 0.586 e. The molecule has 1 aromatic heterocycles. The van der Waals surface area contributed by atoms with Gasteiger partial charge in [-0.2, -0.15) is 0 Å². The third kappa shape index (κ3) is 4.34. The lowest BCUT2D eigenvalue weighted by atomic mass is 9.73. The van der Waals surface area contributed by atoms with Crippen LogP contribution in [-0.2, 0) is 4.79 Å². The number of fused-ring (bicyclic) bond motifs is 2. The van der Waals surface area contributed by atoms with E-state index in [1.165, 1.54) is 24.3 Å². The summed E-state index contributed by atoms with van der Waals surface area (Å²) >= 11 is 0. The monoisotopic (exact) mass is 456 g/mol. The first-order chi connectivity index (χ1) is 15.8. The molecule has 2 aromatic carbocycles. The van der Waals surface area contributed by atoms with Crippen molar-refractivity contribution in [2.75, 3.05) is 5.32 Å². The van der Waals surface area contributed by atoms with Gasteiger partial charge in [-0.3, -0.25) is 9.78 Å². The van der Waals surface area contributed by atoms with E-state index >= 15 is 0 Å². The molecule has 3 aromatic rings. The summed E-state index contributed by atoms with van der Waals surface area (Å²) in [5.74, 6) is -0.364. The third-order valence-electron chi connectivity index (χ3n) is 6.74. The van der Waals surface area contributed by atoms with Gasteiger partial charge < -0.3 is 14.8 Å². The lowest BCUT2D eigenvalue weighted by Gasteiger charge is -2.32. The Bertz CT molecular complexity index is 1210. The van der Waals surface area contributed by atoms with Crippen LogP contribution >= 0.6 is 0 Å².